The quantitative estimate of drug-likeness (QED) is 0.608. The highest BCUT2D eigenvalue weighted by Gasteiger charge is 2.15. The third-order valence-corrected chi connectivity index (χ3v) is 3.60. The second-order valence-electron chi connectivity index (χ2n) is 4.96. The second kappa shape index (κ2) is 4.84. The summed E-state index contributed by atoms with van der Waals surface area (Å²) in [4.78, 5) is 18.1. The van der Waals surface area contributed by atoms with Crippen LogP contribution in [0.2, 0.25) is 0 Å². The molecule has 0 fully saturated rings. The van der Waals surface area contributed by atoms with E-state index in [1.54, 1.807) is 0 Å². The standard InChI is InChI=1S/C16H16N2O/c1-12-6-8-18(9-7-12)16-14(11-19)10-13-4-2-3-5-15(13)17-16/h2-6,10-11H,7-9H2,1H3. The SMILES string of the molecule is CC1=CCN(c2nc3ccccc3cc2C=O)CC1. The molecule has 0 amide bonds. The average molecular weight is 252 g/mol. The van der Waals surface area contributed by atoms with Gasteiger partial charge >= 0.3 is 0 Å². The van der Waals surface area contributed by atoms with Gasteiger partial charge < -0.3 is 4.90 Å². The van der Waals surface area contributed by atoms with Crippen molar-refractivity contribution in [2.45, 2.75) is 13.3 Å². The maximum Gasteiger partial charge on any atom is 0.153 e. The summed E-state index contributed by atoms with van der Waals surface area (Å²) in [6.07, 6.45) is 4.14. The van der Waals surface area contributed by atoms with Crippen molar-refractivity contribution < 1.29 is 4.79 Å². The number of rotatable bonds is 2. The lowest BCUT2D eigenvalue weighted by Crippen LogP contribution is -2.29. The van der Waals surface area contributed by atoms with Crippen molar-refractivity contribution in [1.82, 2.24) is 4.98 Å². The molecule has 0 saturated carbocycles. The smallest absolute Gasteiger partial charge is 0.153 e. The van der Waals surface area contributed by atoms with E-state index in [-0.39, 0.29) is 0 Å². The molecule has 1 aliphatic heterocycles. The molecule has 1 aromatic carbocycles. The van der Waals surface area contributed by atoms with Gasteiger partial charge in [-0.2, -0.15) is 0 Å². The third kappa shape index (κ3) is 2.24. The van der Waals surface area contributed by atoms with Crippen LogP contribution in [0, 0.1) is 0 Å². The zero-order chi connectivity index (χ0) is 13.2. The number of hydrogen-bond acceptors (Lipinski definition) is 3. The lowest BCUT2D eigenvalue weighted by Gasteiger charge is -2.27. The Balaban J connectivity index is 2.09. The van der Waals surface area contributed by atoms with Crippen LogP contribution in [0.15, 0.2) is 42.0 Å². The van der Waals surface area contributed by atoms with Crippen molar-refractivity contribution >= 4 is 23.0 Å². The highest BCUT2D eigenvalue weighted by molar-refractivity contribution is 5.91. The summed E-state index contributed by atoms with van der Waals surface area (Å²) in [5, 5.41) is 1.01. The number of aldehydes is 1. The number of pyridine rings is 1. The summed E-state index contributed by atoms with van der Waals surface area (Å²) in [6.45, 7) is 3.90. The van der Waals surface area contributed by atoms with Crippen LogP contribution in [-0.4, -0.2) is 24.4 Å². The molecule has 96 valence electrons. The summed E-state index contributed by atoms with van der Waals surface area (Å²) in [7, 11) is 0. The number of nitrogens with zero attached hydrogens (tertiary/aromatic N) is 2. The van der Waals surface area contributed by atoms with E-state index in [1.165, 1.54) is 5.57 Å². The van der Waals surface area contributed by atoms with E-state index in [4.69, 9.17) is 0 Å². The van der Waals surface area contributed by atoms with Crippen molar-refractivity contribution in [3.8, 4) is 0 Å². The predicted molar refractivity (Wildman–Crippen MR) is 77.7 cm³/mol. The average Bonchev–Trinajstić information content (AvgIpc) is 2.46. The van der Waals surface area contributed by atoms with E-state index in [1.807, 2.05) is 30.3 Å². The zero-order valence-corrected chi connectivity index (χ0v) is 11.0. The number of anilines is 1. The Hall–Kier alpha value is -2.16. The maximum atomic E-state index is 11.3. The minimum absolute atomic E-state index is 0.673. The summed E-state index contributed by atoms with van der Waals surface area (Å²) >= 11 is 0. The molecule has 3 nitrogen and oxygen atoms in total. The third-order valence-electron chi connectivity index (χ3n) is 3.60. The van der Waals surface area contributed by atoms with Crippen molar-refractivity contribution in [3.05, 3.63) is 47.5 Å². The molecule has 0 unspecified atom stereocenters. The molecule has 0 spiro atoms. The molecule has 0 atom stereocenters. The second-order valence-corrected chi connectivity index (χ2v) is 4.96. The van der Waals surface area contributed by atoms with E-state index in [9.17, 15) is 4.79 Å². The number of hydrogen-bond donors (Lipinski definition) is 0. The van der Waals surface area contributed by atoms with Gasteiger partial charge in [0.05, 0.1) is 11.1 Å². The van der Waals surface area contributed by atoms with E-state index >= 15 is 0 Å². The van der Waals surface area contributed by atoms with Gasteiger partial charge in [0, 0.05) is 18.5 Å². The van der Waals surface area contributed by atoms with Crippen LogP contribution in [0.1, 0.15) is 23.7 Å². The number of aromatic nitrogens is 1. The van der Waals surface area contributed by atoms with E-state index in [0.29, 0.717) is 5.56 Å². The van der Waals surface area contributed by atoms with E-state index in [0.717, 1.165) is 42.5 Å². The molecule has 1 aromatic heterocycles. The minimum Gasteiger partial charge on any atom is -0.352 e. The number of carbonyl (C=O) groups excluding carboxylic acids is 1. The molecule has 0 N–H and O–H groups in total. The molecule has 19 heavy (non-hydrogen) atoms. The number of benzene rings is 1. The van der Waals surface area contributed by atoms with Crippen molar-refractivity contribution in [3.63, 3.8) is 0 Å². The monoisotopic (exact) mass is 252 g/mol. The Bertz CT molecular complexity index is 661. The van der Waals surface area contributed by atoms with Gasteiger partial charge in [-0.3, -0.25) is 4.79 Å². The van der Waals surface area contributed by atoms with Crippen molar-refractivity contribution in [2.24, 2.45) is 0 Å². The van der Waals surface area contributed by atoms with Gasteiger partial charge in [0.1, 0.15) is 5.82 Å². The van der Waals surface area contributed by atoms with Crippen molar-refractivity contribution in [1.29, 1.82) is 0 Å². The van der Waals surface area contributed by atoms with Crippen LogP contribution in [0.4, 0.5) is 5.82 Å². The normalized spacial score (nSPS) is 15.4. The molecule has 0 bridgehead atoms. The first-order valence-electron chi connectivity index (χ1n) is 6.53. The first kappa shape index (κ1) is 11.9. The highest BCUT2D eigenvalue weighted by Crippen LogP contribution is 2.24. The van der Waals surface area contributed by atoms with Gasteiger partial charge in [0.15, 0.2) is 6.29 Å². The Morgan fingerprint density at radius 2 is 2.16 bits per heavy atom. The Morgan fingerprint density at radius 3 is 2.89 bits per heavy atom. The molecule has 0 aliphatic carbocycles. The van der Waals surface area contributed by atoms with E-state index in [2.05, 4.69) is 22.9 Å². The van der Waals surface area contributed by atoms with Crippen LogP contribution < -0.4 is 4.90 Å². The van der Waals surface area contributed by atoms with E-state index < -0.39 is 0 Å². The molecule has 3 rings (SSSR count). The van der Waals surface area contributed by atoms with Crippen molar-refractivity contribution in [2.75, 3.05) is 18.0 Å². The Morgan fingerprint density at radius 1 is 1.32 bits per heavy atom. The summed E-state index contributed by atoms with van der Waals surface area (Å²) < 4.78 is 0. The highest BCUT2D eigenvalue weighted by atomic mass is 16.1. The van der Waals surface area contributed by atoms with Gasteiger partial charge in [0.2, 0.25) is 0 Å². The van der Waals surface area contributed by atoms with Gasteiger partial charge in [0.25, 0.3) is 0 Å². The summed E-state index contributed by atoms with van der Waals surface area (Å²) in [6, 6.07) is 9.83. The maximum absolute atomic E-state index is 11.3. The Labute approximate surface area is 112 Å². The molecule has 0 saturated heterocycles. The zero-order valence-electron chi connectivity index (χ0n) is 11.0. The number of fused-ring (bicyclic) bond motifs is 1. The lowest BCUT2D eigenvalue weighted by molar-refractivity contribution is 0.112. The first-order chi connectivity index (χ1) is 9.28. The molecule has 2 aromatic rings. The fourth-order valence-electron chi connectivity index (χ4n) is 2.43. The van der Waals surface area contributed by atoms with Crippen LogP contribution in [-0.2, 0) is 0 Å². The number of para-hydroxylation sites is 1. The molecule has 2 heterocycles. The summed E-state index contributed by atoms with van der Waals surface area (Å²) in [5.41, 5.74) is 3.02. The molecular weight excluding hydrogens is 236 g/mol. The molecule has 0 radical (unpaired) electrons. The Kier molecular flexibility index (Phi) is 3.03. The van der Waals surface area contributed by atoms with Gasteiger partial charge in [-0.05, 0) is 25.5 Å². The fourth-order valence-corrected chi connectivity index (χ4v) is 2.43. The molecule has 3 heteroatoms. The summed E-state index contributed by atoms with van der Waals surface area (Å²) in [5.74, 6) is 0.803. The predicted octanol–water partition coefficient (Wildman–Crippen LogP) is 3.20. The largest absolute Gasteiger partial charge is 0.352 e. The topological polar surface area (TPSA) is 33.2 Å². The van der Waals surface area contributed by atoms with Crippen LogP contribution in [0.5, 0.6) is 0 Å². The minimum atomic E-state index is 0.673. The van der Waals surface area contributed by atoms with Crippen LogP contribution in [0.3, 0.4) is 0 Å². The molecular formula is C16H16N2O. The lowest BCUT2D eigenvalue weighted by atomic mass is 10.1. The van der Waals surface area contributed by atoms with Crippen LogP contribution in [0.25, 0.3) is 10.9 Å². The van der Waals surface area contributed by atoms with Gasteiger partial charge in [-0.25, -0.2) is 4.98 Å². The van der Waals surface area contributed by atoms with Gasteiger partial charge in [-0.15, -0.1) is 0 Å². The van der Waals surface area contributed by atoms with Crippen LogP contribution >= 0.6 is 0 Å². The molecule has 1 aliphatic rings. The first-order valence-corrected chi connectivity index (χ1v) is 6.53. The van der Waals surface area contributed by atoms with Gasteiger partial charge in [-0.1, -0.05) is 29.8 Å². The number of carbonyl (C=O) groups is 1. The fraction of sp³-hybridized carbons (Fsp3) is 0.250.